The van der Waals surface area contributed by atoms with Crippen molar-refractivity contribution in [3.8, 4) is 0 Å². The lowest BCUT2D eigenvalue weighted by molar-refractivity contribution is 0.139. The minimum Gasteiger partial charge on any atom is -0.396 e. The van der Waals surface area contributed by atoms with Gasteiger partial charge in [-0.2, -0.15) is 0 Å². The summed E-state index contributed by atoms with van der Waals surface area (Å²) < 4.78 is 0. The van der Waals surface area contributed by atoms with Crippen LogP contribution in [-0.2, 0) is 6.54 Å². The zero-order valence-electron chi connectivity index (χ0n) is 13.8. The molecule has 1 saturated heterocycles. The minimum atomic E-state index is 0.272. The fourth-order valence-electron chi connectivity index (χ4n) is 3.54. The second-order valence-electron chi connectivity index (χ2n) is 7.39. The minimum absolute atomic E-state index is 0.272. The van der Waals surface area contributed by atoms with E-state index in [1.54, 1.807) is 0 Å². The molecule has 0 aliphatic carbocycles. The van der Waals surface area contributed by atoms with Crippen molar-refractivity contribution in [2.45, 2.75) is 26.8 Å². The second-order valence-corrected chi connectivity index (χ2v) is 7.39. The monoisotopic (exact) mass is 290 g/mol. The van der Waals surface area contributed by atoms with Gasteiger partial charge in [-0.3, -0.25) is 0 Å². The van der Waals surface area contributed by atoms with Gasteiger partial charge < -0.3 is 14.9 Å². The summed E-state index contributed by atoms with van der Waals surface area (Å²) in [7, 11) is 2.20. The van der Waals surface area contributed by atoms with Crippen LogP contribution in [0.25, 0.3) is 0 Å². The van der Waals surface area contributed by atoms with Gasteiger partial charge in [-0.05, 0) is 36.9 Å². The van der Waals surface area contributed by atoms with Crippen LogP contribution in [-0.4, -0.2) is 54.7 Å². The fourth-order valence-corrected chi connectivity index (χ4v) is 3.54. The molecule has 0 bridgehead atoms. The average Bonchev–Trinajstić information content (AvgIpc) is 2.85. The molecule has 1 atom stereocenters. The Morgan fingerprint density at radius 1 is 1.29 bits per heavy atom. The molecule has 118 valence electrons. The van der Waals surface area contributed by atoms with E-state index < -0.39 is 0 Å². The smallest absolute Gasteiger partial charge is 0.0471 e. The highest BCUT2D eigenvalue weighted by Crippen LogP contribution is 2.24. The van der Waals surface area contributed by atoms with Crippen molar-refractivity contribution in [3.05, 3.63) is 35.9 Å². The predicted molar refractivity (Wildman–Crippen MR) is 88.2 cm³/mol. The van der Waals surface area contributed by atoms with Gasteiger partial charge in [0.2, 0.25) is 0 Å². The third-order valence-electron chi connectivity index (χ3n) is 4.27. The number of rotatable bonds is 7. The first-order valence-electron chi connectivity index (χ1n) is 8.04. The normalized spacial score (nSPS) is 20.3. The molecule has 1 unspecified atom stereocenters. The quantitative estimate of drug-likeness (QED) is 0.835. The molecule has 0 saturated carbocycles. The van der Waals surface area contributed by atoms with Gasteiger partial charge in [0.25, 0.3) is 0 Å². The van der Waals surface area contributed by atoms with E-state index in [0.29, 0.717) is 12.5 Å². The molecule has 1 heterocycles. The summed E-state index contributed by atoms with van der Waals surface area (Å²) in [5.74, 6) is 0.489. The van der Waals surface area contributed by atoms with E-state index in [9.17, 15) is 5.11 Å². The first-order chi connectivity index (χ1) is 9.98. The van der Waals surface area contributed by atoms with Gasteiger partial charge in [0.05, 0.1) is 0 Å². The Bertz CT molecular complexity index is 418. The van der Waals surface area contributed by atoms with Gasteiger partial charge in [-0.25, -0.2) is 0 Å². The summed E-state index contributed by atoms with van der Waals surface area (Å²) in [5.41, 5.74) is 1.64. The van der Waals surface area contributed by atoms with Crippen molar-refractivity contribution >= 4 is 0 Å². The van der Waals surface area contributed by atoms with E-state index in [0.717, 1.165) is 39.1 Å². The maximum absolute atomic E-state index is 9.26. The molecule has 3 nitrogen and oxygen atoms in total. The first kappa shape index (κ1) is 16.5. The van der Waals surface area contributed by atoms with Crippen LogP contribution in [0.1, 0.15) is 25.8 Å². The maximum Gasteiger partial charge on any atom is 0.0471 e. The molecular weight excluding hydrogens is 260 g/mol. The van der Waals surface area contributed by atoms with Crippen LogP contribution in [0.3, 0.4) is 0 Å². The Morgan fingerprint density at radius 2 is 2.00 bits per heavy atom. The Morgan fingerprint density at radius 3 is 2.62 bits per heavy atom. The molecule has 0 aromatic heterocycles. The van der Waals surface area contributed by atoms with Crippen molar-refractivity contribution in [3.63, 3.8) is 0 Å². The number of hydrogen-bond acceptors (Lipinski definition) is 3. The highest BCUT2D eigenvalue weighted by Gasteiger charge is 2.28. The average molecular weight is 290 g/mol. The van der Waals surface area contributed by atoms with Crippen LogP contribution in [0.15, 0.2) is 30.3 Å². The molecule has 1 aliphatic rings. The van der Waals surface area contributed by atoms with E-state index >= 15 is 0 Å². The van der Waals surface area contributed by atoms with Gasteiger partial charge in [0.1, 0.15) is 0 Å². The van der Waals surface area contributed by atoms with Crippen LogP contribution in [0.2, 0.25) is 0 Å². The van der Waals surface area contributed by atoms with Crippen molar-refractivity contribution in [2.75, 3.05) is 39.8 Å². The molecule has 0 radical (unpaired) electrons. The first-order valence-corrected chi connectivity index (χ1v) is 8.04. The summed E-state index contributed by atoms with van der Waals surface area (Å²) >= 11 is 0. The lowest BCUT2D eigenvalue weighted by Crippen LogP contribution is -2.40. The van der Waals surface area contributed by atoms with Crippen LogP contribution >= 0.6 is 0 Å². The fraction of sp³-hybridized carbons (Fsp3) is 0.667. The molecule has 1 aromatic carbocycles. The van der Waals surface area contributed by atoms with E-state index in [2.05, 4.69) is 61.0 Å². The Balaban J connectivity index is 1.80. The van der Waals surface area contributed by atoms with E-state index in [-0.39, 0.29) is 5.41 Å². The lowest BCUT2D eigenvalue weighted by atomic mass is 9.92. The number of benzene rings is 1. The van der Waals surface area contributed by atoms with Gasteiger partial charge in [0.15, 0.2) is 0 Å². The zero-order valence-corrected chi connectivity index (χ0v) is 13.8. The lowest BCUT2D eigenvalue weighted by Gasteiger charge is -2.34. The predicted octanol–water partition coefficient (Wildman–Crippen LogP) is 2.46. The van der Waals surface area contributed by atoms with Crippen LogP contribution in [0.5, 0.6) is 0 Å². The molecule has 1 aliphatic heterocycles. The number of likely N-dealkylation sites (tertiary alicyclic amines) is 1. The maximum atomic E-state index is 9.26. The van der Waals surface area contributed by atoms with Gasteiger partial charge >= 0.3 is 0 Å². The molecule has 0 amide bonds. The van der Waals surface area contributed by atoms with Crippen LogP contribution < -0.4 is 0 Å². The SMILES string of the molecule is CN(Cc1ccccc1)CC(C)(C)CN1CCC(CO)C1. The highest BCUT2D eigenvalue weighted by atomic mass is 16.3. The molecule has 2 rings (SSSR count). The zero-order chi connectivity index (χ0) is 15.3. The molecule has 1 fully saturated rings. The summed E-state index contributed by atoms with van der Waals surface area (Å²) in [6.07, 6.45) is 1.15. The number of aliphatic hydroxyl groups excluding tert-OH is 1. The Hall–Kier alpha value is -0.900. The molecule has 1 N–H and O–H groups in total. The molecular formula is C18H30N2O. The third kappa shape index (κ3) is 5.42. The summed E-state index contributed by atoms with van der Waals surface area (Å²) in [4.78, 5) is 4.92. The highest BCUT2D eigenvalue weighted by molar-refractivity contribution is 5.14. The van der Waals surface area contributed by atoms with Crippen LogP contribution in [0.4, 0.5) is 0 Å². The van der Waals surface area contributed by atoms with E-state index in [4.69, 9.17) is 0 Å². The van der Waals surface area contributed by atoms with Crippen molar-refractivity contribution in [1.82, 2.24) is 9.80 Å². The van der Waals surface area contributed by atoms with Crippen LogP contribution in [0, 0.1) is 11.3 Å². The summed E-state index contributed by atoms with van der Waals surface area (Å²) in [5, 5.41) is 9.26. The molecule has 1 aromatic rings. The van der Waals surface area contributed by atoms with E-state index in [1.165, 1.54) is 5.56 Å². The largest absolute Gasteiger partial charge is 0.396 e. The molecule has 3 heteroatoms. The summed E-state index contributed by atoms with van der Waals surface area (Å²) in [6, 6.07) is 10.7. The van der Waals surface area contributed by atoms with Crippen molar-refractivity contribution in [1.29, 1.82) is 0 Å². The van der Waals surface area contributed by atoms with Gasteiger partial charge in [-0.1, -0.05) is 44.2 Å². The second kappa shape index (κ2) is 7.39. The van der Waals surface area contributed by atoms with Gasteiger partial charge in [0, 0.05) is 32.8 Å². The molecule has 21 heavy (non-hydrogen) atoms. The molecule has 0 spiro atoms. The Kier molecular flexibility index (Phi) is 5.80. The summed E-state index contributed by atoms with van der Waals surface area (Å²) in [6.45, 7) is 10.4. The number of aliphatic hydroxyl groups is 1. The topological polar surface area (TPSA) is 26.7 Å². The van der Waals surface area contributed by atoms with E-state index in [1.807, 2.05) is 0 Å². The van der Waals surface area contributed by atoms with Crippen molar-refractivity contribution in [2.24, 2.45) is 11.3 Å². The van der Waals surface area contributed by atoms with Gasteiger partial charge in [-0.15, -0.1) is 0 Å². The standard InChI is InChI=1S/C18H30N2O/c1-18(2,15-20-10-9-17(12-20)13-21)14-19(3)11-16-7-5-4-6-8-16/h4-8,17,21H,9-15H2,1-3H3. The number of nitrogens with zero attached hydrogens (tertiary/aromatic N) is 2. The van der Waals surface area contributed by atoms with Crippen molar-refractivity contribution < 1.29 is 5.11 Å². The third-order valence-corrected chi connectivity index (χ3v) is 4.27. The number of hydrogen-bond donors (Lipinski definition) is 1. The Labute approximate surface area is 129 Å².